The van der Waals surface area contributed by atoms with E-state index in [4.69, 9.17) is 0 Å². The van der Waals surface area contributed by atoms with E-state index in [-0.39, 0.29) is 12.3 Å². The first-order chi connectivity index (χ1) is 8.65. The van der Waals surface area contributed by atoms with Crippen LogP contribution in [0, 0.1) is 11.6 Å². The van der Waals surface area contributed by atoms with Gasteiger partial charge in [-0.25, -0.2) is 8.78 Å². The van der Waals surface area contributed by atoms with Crippen LogP contribution in [0.1, 0.15) is 5.56 Å². The minimum absolute atomic E-state index is 0.0144. The number of anilines is 1. The number of amides is 1. The molecule has 2 rings (SSSR count). The Balaban J connectivity index is 2.01. The van der Waals surface area contributed by atoms with Crippen LogP contribution in [0.15, 0.2) is 42.7 Å². The van der Waals surface area contributed by atoms with Crippen molar-refractivity contribution in [2.24, 2.45) is 0 Å². The fraction of sp³-hybridized carbons (Fsp3) is 0.0769. The van der Waals surface area contributed by atoms with E-state index in [1.54, 1.807) is 24.5 Å². The molecule has 2 aromatic rings. The van der Waals surface area contributed by atoms with Crippen LogP contribution in [0.2, 0.25) is 0 Å². The minimum atomic E-state index is -0.954. The zero-order chi connectivity index (χ0) is 13.0. The molecular formula is C13H10F2N2O. The summed E-state index contributed by atoms with van der Waals surface area (Å²) in [6.45, 7) is 0. The van der Waals surface area contributed by atoms with Crippen molar-refractivity contribution in [2.45, 2.75) is 6.42 Å². The Morgan fingerprint density at radius 3 is 2.50 bits per heavy atom. The predicted octanol–water partition coefficient (Wildman–Crippen LogP) is 2.54. The molecule has 5 heteroatoms. The average Bonchev–Trinajstić information content (AvgIpc) is 2.35. The molecule has 1 aromatic carbocycles. The van der Waals surface area contributed by atoms with Crippen molar-refractivity contribution in [3.63, 3.8) is 0 Å². The molecule has 0 aliphatic heterocycles. The van der Waals surface area contributed by atoms with E-state index in [1.807, 2.05) is 0 Å². The van der Waals surface area contributed by atoms with Crippen LogP contribution in [-0.4, -0.2) is 10.9 Å². The Morgan fingerprint density at radius 1 is 1.11 bits per heavy atom. The first-order valence-corrected chi connectivity index (χ1v) is 5.29. The lowest BCUT2D eigenvalue weighted by Crippen LogP contribution is -2.14. The molecule has 1 N–H and O–H groups in total. The first-order valence-electron chi connectivity index (χ1n) is 5.29. The van der Waals surface area contributed by atoms with Crippen LogP contribution in [0.5, 0.6) is 0 Å². The van der Waals surface area contributed by atoms with E-state index in [2.05, 4.69) is 10.3 Å². The summed E-state index contributed by atoms with van der Waals surface area (Å²) < 4.78 is 25.6. The molecule has 0 fully saturated rings. The molecule has 1 aromatic heterocycles. The number of nitrogens with zero attached hydrogens (tertiary/aromatic N) is 1. The molecule has 1 amide bonds. The highest BCUT2D eigenvalue weighted by atomic mass is 19.2. The fourth-order valence-corrected chi connectivity index (χ4v) is 1.48. The van der Waals surface area contributed by atoms with Crippen LogP contribution in [0.3, 0.4) is 0 Å². The number of nitrogens with one attached hydrogen (secondary N) is 1. The fourth-order valence-electron chi connectivity index (χ4n) is 1.48. The van der Waals surface area contributed by atoms with Gasteiger partial charge < -0.3 is 5.32 Å². The van der Waals surface area contributed by atoms with Gasteiger partial charge in [-0.2, -0.15) is 0 Å². The average molecular weight is 248 g/mol. The largest absolute Gasteiger partial charge is 0.326 e. The predicted molar refractivity (Wildman–Crippen MR) is 62.9 cm³/mol. The van der Waals surface area contributed by atoms with Crippen LogP contribution in [0.25, 0.3) is 0 Å². The van der Waals surface area contributed by atoms with E-state index in [9.17, 15) is 13.6 Å². The van der Waals surface area contributed by atoms with Crippen molar-refractivity contribution in [3.05, 3.63) is 59.9 Å². The lowest BCUT2D eigenvalue weighted by molar-refractivity contribution is -0.115. The van der Waals surface area contributed by atoms with Gasteiger partial charge in [0.2, 0.25) is 5.91 Å². The summed E-state index contributed by atoms with van der Waals surface area (Å²) in [6.07, 6.45) is 3.08. The molecule has 0 saturated carbocycles. The summed E-state index contributed by atoms with van der Waals surface area (Å²) in [5.41, 5.74) is 1.03. The van der Waals surface area contributed by atoms with Crippen molar-refractivity contribution in [1.82, 2.24) is 4.98 Å². The number of carbonyl (C=O) groups excluding carboxylic acids is 1. The van der Waals surface area contributed by atoms with Crippen LogP contribution >= 0.6 is 0 Å². The topological polar surface area (TPSA) is 42.0 Å². The second-order valence-corrected chi connectivity index (χ2v) is 3.71. The van der Waals surface area contributed by atoms with Crippen LogP contribution in [-0.2, 0) is 11.2 Å². The second kappa shape index (κ2) is 5.35. The van der Waals surface area contributed by atoms with Gasteiger partial charge in [-0.3, -0.25) is 9.78 Å². The number of halogens is 2. The number of rotatable bonds is 3. The third-order valence-corrected chi connectivity index (χ3v) is 2.31. The number of aromatic nitrogens is 1. The van der Waals surface area contributed by atoms with Crippen molar-refractivity contribution in [3.8, 4) is 0 Å². The second-order valence-electron chi connectivity index (χ2n) is 3.71. The summed E-state index contributed by atoms with van der Waals surface area (Å²) in [4.78, 5) is 15.4. The van der Waals surface area contributed by atoms with Gasteiger partial charge in [0.1, 0.15) is 0 Å². The van der Waals surface area contributed by atoms with Gasteiger partial charge in [-0.15, -0.1) is 0 Å². The molecule has 18 heavy (non-hydrogen) atoms. The Kier molecular flexibility index (Phi) is 3.62. The maximum Gasteiger partial charge on any atom is 0.228 e. The number of pyridine rings is 1. The Hall–Kier alpha value is -2.30. The van der Waals surface area contributed by atoms with Gasteiger partial charge in [0, 0.05) is 18.1 Å². The zero-order valence-electron chi connectivity index (χ0n) is 9.36. The lowest BCUT2D eigenvalue weighted by atomic mass is 10.1. The zero-order valence-corrected chi connectivity index (χ0v) is 9.36. The SMILES string of the molecule is O=C(Cc1ccc(F)c(F)c1)Nc1ccncc1. The van der Waals surface area contributed by atoms with Gasteiger partial charge in [0.05, 0.1) is 6.42 Å². The number of benzene rings is 1. The van der Waals surface area contributed by atoms with Crippen molar-refractivity contribution >= 4 is 11.6 Å². The van der Waals surface area contributed by atoms with E-state index < -0.39 is 11.6 Å². The highest BCUT2D eigenvalue weighted by Gasteiger charge is 2.07. The van der Waals surface area contributed by atoms with Crippen molar-refractivity contribution in [2.75, 3.05) is 5.32 Å². The maximum atomic E-state index is 12.9. The highest BCUT2D eigenvalue weighted by Crippen LogP contribution is 2.10. The van der Waals surface area contributed by atoms with E-state index in [0.29, 0.717) is 11.3 Å². The van der Waals surface area contributed by atoms with Crippen molar-refractivity contribution in [1.29, 1.82) is 0 Å². The molecular weight excluding hydrogens is 238 g/mol. The summed E-state index contributed by atoms with van der Waals surface area (Å²) in [5.74, 6) is -2.18. The Labute approximate surface area is 102 Å². The van der Waals surface area contributed by atoms with Gasteiger partial charge in [0.25, 0.3) is 0 Å². The minimum Gasteiger partial charge on any atom is -0.326 e. The highest BCUT2D eigenvalue weighted by molar-refractivity contribution is 5.92. The smallest absolute Gasteiger partial charge is 0.228 e. The first kappa shape index (κ1) is 12.2. The van der Waals surface area contributed by atoms with Crippen molar-refractivity contribution < 1.29 is 13.6 Å². The monoisotopic (exact) mass is 248 g/mol. The summed E-state index contributed by atoms with van der Waals surface area (Å²) in [5, 5.41) is 2.63. The standard InChI is InChI=1S/C13H10F2N2O/c14-11-2-1-9(7-12(11)15)8-13(18)17-10-3-5-16-6-4-10/h1-7H,8H2,(H,16,17,18). The van der Waals surface area contributed by atoms with Gasteiger partial charge >= 0.3 is 0 Å². The molecule has 0 aliphatic carbocycles. The van der Waals surface area contributed by atoms with E-state index in [0.717, 1.165) is 12.1 Å². The molecule has 92 valence electrons. The number of carbonyl (C=O) groups is 1. The maximum absolute atomic E-state index is 12.9. The molecule has 0 saturated heterocycles. The Morgan fingerprint density at radius 2 is 1.83 bits per heavy atom. The molecule has 3 nitrogen and oxygen atoms in total. The quantitative estimate of drug-likeness (QED) is 0.906. The van der Waals surface area contributed by atoms with E-state index >= 15 is 0 Å². The molecule has 0 spiro atoms. The molecule has 1 heterocycles. The summed E-state index contributed by atoms with van der Waals surface area (Å²) in [7, 11) is 0. The van der Waals surface area contributed by atoms with Gasteiger partial charge in [0.15, 0.2) is 11.6 Å². The van der Waals surface area contributed by atoms with Crippen LogP contribution in [0.4, 0.5) is 14.5 Å². The third-order valence-electron chi connectivity index (χ3n) is 2.31. The molecule has 0 bridgehead atoms. The van der Waals surface area contributed by atoms with Crippen LogP contribution < -0.4 is 5.32 Å². The molecule has 0 aliphatic rings. The number of hydrogen-bond donors (Lipinski definition) is 1. The summed E-state index contributed by atoms with van der Waals surface area (Å²) >= 11 is 0. The lowest BCUT2D eigenvalue weighted by Gasteiger charge is -2.05. The number of hydrogen-bond acceptors (Lipinski definition) is 2. The van der Waals surface area contributed by atoms with Gasteiger partial charge in [-0.1, -0.05) is 6.07 Å². The van der Waals surface area contributed by atoms with E-state index in [1.165, 1.54) is 6.07 Å². The molecule has 0 unspecified atom stereocenters. The third kappa shape index (κ3) is 3.10. The summed E-state index contributed by atoms with van der Waals surface area (Å²) in [6, 6.07) is 6.68. The normalized spacial score (nSPS) is 10.1. The molecule has 0 atom stereocenters. The van der Waals surface area contributed by atoms with Gasteiger partial charge in [-0.05, 0) is 29.8 Å². The molecule has 0 radical (unpaired) electrons. The Bertz CT molecular complexity index is 558.